The zero-order valence-electron chi connectivity index (χ0n) is 8.60. The van der Waals surface area contributed by atoms with Crippen molar-refractivity contribution in [2.45, 2.75) is 19.4 Å². The van der Waals surface area contributed by atoms with Gasteiger partial charge in [-0.05, 0) is 31.5 Å². The van der Waals surface area contributed by atoms with Crippen molar-refractivity contribution >= 4 is 5.69 Å². The lowest BCUT2D eigenvalue weighted by molar-refractivity contribution is 0.143. The number of azide groups is 1. The molecule has 0 aliphatic rings. The third-order valence-electron chi connectivity index (χ3n) is 1.52. The molecule has 4 heteroatoms. The van der Waals surface area contributed by atoms with Gasteiger partial charge in [-0.15, -0.1) is 0 Å². The van der Waals surface area contributed by atoms with Gasteiger partial charge >= 0.3 is 0 Å². The van der Waals surface area contributed by atoms with Gasteiger partial charge in [0.15, 0.2) is 0 Å². The van der Waals surface area contributed by atoms with Gasteiger partial charge in [-0.3, -0.25) is 0 Å². The molecule has 0 aromatic heterocycles. The van der Waals surface area contributed by atoms with Crippen LogP contribution in [-0.4, -0.2) is 10.7 Å². The van der Waals surface area contributed by atoms with E-state index < -0.39 is 5.60 Å². The highest BCUT2D eigenvalue weighted by Crippen LogP contribution is 2.13. The maximum atomic E-state index is 9.40. The minimum atomic E-state index is -1.02. The van der Waals surface area contributed by atoms with E-state index in [2.05, 4.69) is 21.9 Å². The molecule has 0 aliphatic carbocycles. The first-order valence-corrected chi connectivity index (χ1v) is 4.42. The van der Waals surface area contributed by atoms with Crippen molar-refractivity contribution in [1.29, 1.82) is 0 Å². The molecule has 76 valence electrons. The van der Waals surface area contributed by atoms with E-state index in [1.165, 1.54) is 0 Å². The van der Waals surface area contributed by atoms with Gasteiger partial charge in [0, 0.05) is 16.2 Å². The van der Waals surface area contributed by atoms with Crippen LogP contribution in [0.2, 0.25) is 0 Å². The van der Waals surface area contributed by atoms with E-state index in [1.807, 2.05) is 0 Å². The molecule has 1 aromatic rings. The van der Waals surface area contributed by atoms with Gasteiger partial charge < -0.3 is 5.11 Å². The lowest BCUT2D eigenvalue weighted by Gasteiger charge is -2.05. The predicted octanol–water partition coefficient (Wildman–Crippen LogP) is 2.75. The highest BCUT2D eigenvalue weighted by Gasteiger charge is 2.05. The zero-order valence-corrected chi connectivity index (χ0v) is 8.60. The van der Waals surface area contributed by atoms with Gasteiger partial charge in [-0.1, -0.05) is 29.1 Å². The smallest absolute Gasteiger partial charge is 0.120 e. The Kier molecular flexibility index (Phi) is 3.35. The van der Waals surface area contributed by atoms with Gasteiger partial charge in [0.25, 0.3) is 0 Å². The fourth-order valence-electron chi connectivity index (χ4n) is 0.923. The summed E-state index contributed by atoms with van der Waals surface area (Å²) in [6.07, 6.45) is 0. The van der Waals surface area contributed by atoms with E-state index in [0.717, 1.165) is 0 Å². The molecule has 0 bridgehead atoms. The van der Waals surface area contributed by atoms with Crippen molar-refractivity contribution in [3.8, 4) is 11.8 Å². The summed E-state index contributed by atoms with van der Waals surface area (Å²) in [4.78, 5) is 2.68. The molecule has 0 radical (unpaired) electrons. The third kappa shape index (κ3) is 4.19. The molecule has 0 heterocycles. The maximum absolute atomic E-state index is 9.40. The first-order valence-electron chi connectivity index (χ1n) is 4.42. The van der Waals surface area contributed by atoms with Crippen LogP contribution in [-0.2, 0) is 0 Å². The zero-order chi connectivity index (χ0) is 11.3. The van der Waals surface area contributed by atoms with E-state index in [9.17, 15) is 5.11 Å². The van der Waals surface area contributed by atoms with Crippen LogP contribution in [0.5, 0.6) is 0 Å². The average molecular weight is 201 g/mol. The molecule has 1 aromatic carbocycles. The molecule has 0 atom stereocenters. The highest BCUT2D eigenvalue weighted by atomic mass is 16.3. The van der Waals surface area contributed by atoms with Gasteiger partial charge in [-0.25, -0.2) is 0 Å². The standard InChI is InChI=1S/C11H11N3O/c1-11(2,15)7-6-9-4-3-5-10(8-9)13-14-12/h3-5,8,15H,1-2H3. The summed E-state index contributed by atoms with van der Waals surface area (Å²) in [5.41, 5.74) is 8.46. The van der Waals surface area contributed by atoms with Gasteiger partial charge in [0.2, 0.25) is 0 Å². The monoisotopic (exact) mass is 201 g/mol. The second-order valence-electron chi connectivity index (χ2n) is 3.55. The summed E-state index contributed by atoms with van der Waals surface area (Å²) < 4.78 is 0. The van der Waals surface area contributed by atoms with Gasteiger partial charge in [0.05, 0.1) is 0 Å². The Bertz CT molecular complexity index is 457. The van der Waals surface area contributed by atoms with Crippen molar-refractivity contribution in [2.75, 3.05) is 0 Å². The van der Waals surface area contributed by atoms with E-state index in [4.69, 9.17) is 5.53 Å². The lowest BCUT2D eigenvalue weighted by Crippen LogP contribution is -2.14. The SMILES string of the molecule is CC(C)(O)C#Cc1cccc(N=[N+]=[N-])c1. The summed E-state index contributed by atoms with van der Waals surface area (Å²) in [5, 5.41) is 12.9. The summed E-state index contributed by atoms with van der Waals surface area (Å²) in [6, 6.07) is 6.89. The van der Waals surface area contributed by atoms with Crippen molar-refractivity contribution < 1.29 is 5.11 Å². The quantitative estimate of drug-likeness (QED) is 0.323. The molecule has 0 unspecified atom stereocenters. The van der Waals surface area contributed by atoms with Crippen LogP contribution in [0.25, 0.3) is 10.4 Å². The molecule has 1 N–H and O–H groups in total. The number of rotatable bonds is 1. The van der Waals surface area contributed by atoms with Crippen molar-refractivity contribution in [2.24, 2.45) is 5.11 Å². The molecule has 0 fully saturated rings. The molecular formula is C11H11N3O. The van der Waals surface area contributed by atoms with Gasteiger partial charge in [-0.2, -0.15) is 0 Å². The molecular weight excluding hydrogens is 190 g/mol. The molecule has 0 spiro atoms. The Labute approximate surface area is 88.2 Å². The van der Waals surface area contributed by atoms with Crippen molar-refractivity contribution in [3.05, 3.63) is 40.3 Å². The average Bonchev–Trinajstić information content (AvgIpc) is 2.15. The Morgan fingerprint density at radius 3 is 2.80 bits per heavy atom. The summed E-state index contributed by atoms with van der Waals surface area (Å²) in [7, 11) is 0. The van der Waals surface area contributed by atoms with Crippen molar-refractivity contribution in [1.82, 2.24) is 0 Å². The Morgan fingerprint density at radius 2 is 2.20 bits per heavy atom. The first-order chi connectivity index (χ1) is 7.01. The van der Waals surface area contributed by atoms with Crippen LogP contribution in [0.1, 0.15) is 19.4 Å². The number of hydrogen-bond donors (Lipinski definition) is 1. The number of benzene rings is 1. The minimum absolute atomic E-state index is 0.514. The maximum Gasteiger partial charge on any atom is 0.120 e. The summed E-state index contributed by atoms with van der Waals surface area (Å²) in [6.45, 7) is 3.22. The van der Waals surface area contributed by atoms with E-state index in [1.54, 1.807) is 38.1 Å². The van der Waals surface area contributed by atoms with Crippen LogP contribution in [0.15, 0.2) is 29.4 Å². The third-order valence-corrected chi connectivity index (χ3v) is 1.52. The van der Waals surface area contributed by atoms with E-state index in [0.29, 0.717) is 11.3 Å². The first kappa shape index (κ1) is 11.1. The summed E-state index contributed by atoms with van der Waals surface area (Å²) >= 11 is 0. The molecule has 0 amide bonds. The summed E-state index contributed by atoms with van der Waals surface area (Å²) in [5.74, 6) is 5.48. The molecule has 0 saturated carbocycles. The fourth-order valence-corrected chi connectivity index (χ4v) is 0.923. The lowest BCUT2D eigenvalue weighted by atomic mass is 10.1. The second-order valence-corrected chi connectivity index (χ2v) is 3.55. The van der Waals surface area contributed by atoms with Crippen LogP contribution in [0.3, 0.4) is 0 Å². The number of aliphatic hydroxyl groups is 1. The Balaban J connectivity index is 3.00. The number of nitrogens with zero attached hydrogens (tertiary/aromatic N) is 3. The van der Waals surface area contributed by atoms with E-state index >= 15 is 0 Å². The van der Waals surface area contributed by atoms with Crippen molar-refractivity contribution in [3.63, 3.8) is 0 Å². The second kappa shape index (κ2) is 4.52. The van der Waals surface area contributed by atoms with Gasteiger partial charge in [0.1, 0.15) is 5.60 Å². The molecule has 0 aliphatic heterocycles. The molecule has 15 heavy (non-hydrogen) atoms. The normalized spacial score (nSPS) is 9.80. The largest absolute Gasteiger partial charge is 0.378 e. The Morgan fingerprint density at radius 1 is 1.47 bits per heavy atom. The Hall–Kier alpha value is -1.95. The minimum Gasteiger partial charge on any atom is -0.378 e. The highest BCUT2D eigenvalue weighted by molar-refractivity contribution is 5.47. The molecule has 4 nitrogen and oxygen atoms in total. The topological polar surface area (TPSA) is 69.0 Å². The molecule has 1 rings (SSSR count). The fraction of sp³-hybridized carbons (Fsp3) is 0.273. The van der Waals surface area contributed by atoms with Crippen LogP contribution < -0.4 is 0 Å². The predicted molar refractivity (Wildman–Crippen MR) is 58.4 cm³/mol. The van der Waals surface area contributed by atoms with Crippen LogP contribution >= 0.6 is 0 Å². The van der Waals surface area contributed by atoms with E-state index in [-0.39, 0.29) is 0 Å². The molecule has 0 saturated heterocycles. The van der Waals surface area contributed by atoms with Crippen LogP contribution in [0.4, 0.5) is 5.69 Å². The number of hydrogen-bond acceptors (Lipinski definition) is 2. The van der Waals surface area contributed by atoms with Crippen LogP contribution in [0, 0.1) is 11.8 Å².